The molecule has 0 fully saturated rings. The van der Waals surface area contributed by atoms with Gasteiger partial charge in [0.25, 0.3) is 5.69 Å². The zero-order chi connectivity index (χ0) is 18.7. The summed E-state index contributed by atoms with van der Waals surface area (Å²) >= 11 is 0. The molecule has 0 N–H and O–H groups in total. The normalized spacial score (nSPS) is 10.5. The molecule has 0 saturated carbocycles. The Kier molecular flexibility index (Phi) is 4.79. The summed E-state index contributed by atoms with van der Waals surface area (Å²) in [5.74, 6) is -0.506. The van der Waals surface area contributed by atoms with Crippen molar-refractivity contribution in [1.82, 2.24) is 9.78 Å². The van der Waals surface area contributed by atoms with Crippen molar-refractivity contribution in [2.45, 2.75) is 13.8 Å². The Morgan fingerprint density at radius 3 is 2.58 bits per heavy atom. The van der Waals surface area contributed by atoms with E-state index in [1.165, 1.54) is 12.1 Å². The highest BCUT2D eigenvalue weighted by atomic mass is 16.6. The van der Waals surface area contributed by atoms with E-state index in [1.54, 1.807) is 30.7 Å². The lowest BCUT2D eigenvalue weighted by Crippen LogP contribution is -2.07. The van der Waals surface area contributed by atoms with E-state index in [9.17, 15) is 14.9 Å². The zero-order valence-electron chi connectivity index (χ0n) is 14.4. The Labute approximate surface area is 150 Å². The van der Waals surface area contributed by atoms with Crippen LogP contribution in [0.2, 0.25) is 0 Å². The number of benzene rings is 2. The van der Waals surface area contributed by atoms with Gasteiger partial charge in [0.1, 0.15) is 11.3 Å². The van der Waals surface area contributed by atoms with E-state index >= 15 is 0 Å². The Morgan fingerprint density at radius 2 is 1.92 bits per heavy atom. The van der Waals surface area contributed by atoms with Crippen LogP contribution in [-0.2, 0) is 4.74 Å². The van der Waals surface area contributed by atoms with Gasteiger partial charge in [-0.25, -0.2) is 9.48 Å². The van der Waals surface area contributed by atoms with Crippen LogP contribution >= 0.6 is 0 Å². The van der Waals surface area contributed by atoms with Crippen LogP contribution in [0, 0.1) is 17.0 Å². The van der Waals surface area contributed by atoms with Crippen LogP contribution in [-0.4, -0.2) is 27.3 Å². The van der Waals surface area contributed by atoms with E-state index in [0.717, 1.165) is 5.69 Å². The van der Waals surface area contributed by atoms with E-state index in [4.69, 9.17) is 4.74 Å². The molecule has 0 aliphatic carbocycles. The minimum atomic E-state index is -0.506. The molecule has 0 saturated heterocycles. The lowest BCUT2D eigenvalue weighted by atomic mass is 10.1. The van der Waals surface area contributed by atoms with Crippen molar-refractivity contribution in [3.05, 3.63) is 76.0 Å². The van der Waals surface area contributed by atoms with Gasteiger partial charge in [-0.3, -0.25) is 10.1 Å². The summed E-state index contributed by atoms with van der Waals surface area (Å²) < 4.78 is 6.81. The standard InChI is InChI=1S/C19H17N3O4/c1-3-26-19(23)17-13(2)21(15-9-5-4-6-10-15)20-18(17)14-8-7-11-16(12-14)22(24)25/h4-12H,3H2,1-2H3. The molecule has 3 rings (SSSR count). The van der Waals surface area contributed by atoms with E-state index in [2.05, 4.69) is 5.10 Å². The summed E-state index contributed by atoms with van der Waals surface area (Å²) in [7, 11) is 0. The number of ether oxygens (including phenoxy) is 1. The number of non-ortho nitro benzene ring substituents is 1. The molecular weight excluding hydrogens is 334 g/mol. The maximum Gasteiger partial charge on any atom is 0.342 e. The molecule has 0 radical (unpaired) electrons. The van der Waals surface area contributed by atoms with Crippen LogP contribution in [0.3, 0.4) is 0 Å². The van der Waals surface area contributed by atoms with E-state index in [0.29, 0.717) is 22.5 Å². The predicted octanol–water partition coefficient (Wildman–Crippen LogP) is 3.93. The van der Waals surface area contributed by atoms with Crippen molar-refractivity contribution in [3.8, 4) is 16.9 Å². The fourth-order valence-corrected chi connectivity index (χ4v) is 2.74. The predicted molar refractivity (Wildman–Crippen MR) is 96.3 cm³/mol. The number of hydrogen-bond acceptors (Lipinski definition) is 5. The fraction of sp³-hybridized carbons (Fsp3) is 0.158. The third kappa shape index (κ3) is 3.19. The van der Waals surface area contributed by atoms with Gasteiger partial charge in [0.2, 0.25) is 0 Å². The molecule has 0 aliphatic rings. The second-order valence-electron chi connectivity index (χ2n) is 5.58. The number of carbonyl (C=O) groups is 1. The number of hydrogen-bond donors (Lipinski definition) is 0. The molecule has 2 aromatic carbocycles. The number of aromatic nitrogens is 2. The zero-order valence-corrected chi connectivity index (χ0v) is 14.4. The average Bonchev–Trinajstić information content (AvgIpc) is 3.00. The highest BCUT2D eigenvalue weighted by molar-refractivity contribution is 5.97. The van der Waals surface area contributed by atoms with E-state index in [1.807, 2.05) is 30.3 Å². The molecule has 0 bridgehead atoms. The van der Waals surface area contributed by atoms with Crippen LogP contribution in [0.4, 0.5) is 5.69 Å². The maximum absolute atomic E-state index is 12.5. The van der Waals surface area contributed by atoms with E-state index < -0.39 is 10.9 Å². The van der Waals surface area contributed by atoms with Gasteiger partial charge >= 0.3 is 5.97 Å². The Morgan fingerprint density at radius 1 is 1.19 bits per heavy atom. The molecular formula is C19H17N3O4. The topological polar surface area (TPSA) is 87.3 Å². The largest absolute Gasteiger partial charge is 0.462 e. The number of rotatable bonds is 5. The summed E-state index contributed by atoms with van der Waals surface area (Å²) in [6.07, 6.45) is 0. The maximum atomic E-state index is 12.5. The summed E-state index contributed by atoms with van der Waals surface area (Å²) in [5, 5.41) is 15.6. The quantitative estimate of drug-likeness (QED) is 0.395. The number of esters is 1. The molecule has 0 atom stereocenters. The molecule has 132 valence electrons. The molecule has 0 spiro atoms. The van der Waals surface area contributed by atoms with E-state index in [-0.39, 0.29) is 12.3 Å². The molecule has 0 aliphatic heterocycles. The number of carbonyl (C=O) groups excluding carboxylic acids is 1. The third-order valence-corrected chi connectivity index (χ3v) is 3.93. The van der Waals surface area contributed by atoms with Crippen LogP contribution in [0.15, 0.2) is 54.6 Å². The van der Waals surface area contributed by atoms with Gasteiger partial charge in [-0.05, 0) is 26.0 Å². The molecule has 1 heterocycles. The molecule has 1 aromatic heterocycles. The van der Waals surface area contributed by atoms with Gasteiger partial charge in [0.05, 0.1) is 22.9 Å². The highest BCUT2D eigenvalue weighted by Crippen LogP contribution is 2.30. The van der Waals surface area contributed by atoms with Gasteiger partial charge in [-0.1, -0.05) is 30.3 Å². The van der Waals surface area contributed by atoms with Gasteiger partial charge in [-0.15, -0.1) is 0 Å². The SMILES string of the molecule is CCOC(=O)c1c(-c2cccc([N+](=O)[O-])c2)nn(-c2ccccc2)c1C. The number of nitrogens with zero attached hydrogens (tertiary/aromatic N) is 3. The minimum Gasteiger partial charge on any atom is -0.462 e. The molecule has 7 nitrogen and oxygen atoms in total. The van der Waals surface area contributed by atoms with Crippen molar-refractivity contribution in [2.75, 3.05) is 6.61 Å². The Balaban J connectivity index is 2.22. The van der Waals surface area contributed by atoms with Crippen molar-refractivity contribution >= 4 is 11.7 Å². The van der Waals surface area contributed by atoms with Crippen molar-refractivity contribution in [3.63, 3.8) is 0 Å². The Hall–Kier alpha value is -3.48. The first-order valence-corrected chi connectivity index (χ1v) is 8.10. The van der Waals surface area contributed by atoms with Gasteiger partial charge in [0.15, 0.2) is 0 Å². The number of nitro benzene ring substituents is 1. The summed E-state index contributed by atoms with van der Waals surface area (Å²) in [5.41, 5.74) is 2.47. The number of nitro groups is 1. The molecule has 0 amide bonds. The lowest BCUT2D eigenvalue weighted by Gasteiger charge is -2.05. The monoisotopic (exact) mass is 351 g/mol. The first-order valence-electron chi connectivity index (χ1n) is 8.10. The summed E-state index contributed by atoms with van der Waals surface area (Å²) in [6, 6.07) is 15.4. The van der Waals surface area contributed by atoms with Crippen LogP contribution < -0.4 is 0 Å². The van der Waals surface area contributed by atoms with Crippen molar-refractivity contribution < 1.29 is 14.5 Å². The van der Waals surface area contributed by atoms with Crippen LogP contribution in [0.1, 0.15) is 23.0 Å². The third-order valence-electron chi connectivity index (χ3n) is 3.93. The van der Waals surface area contributed by atoms with Gasteiger partial charge in [-0.2, -0.15) is 5.10 Å². The summed E-state index contributed by atoms with van der Waals surface area (Å²) in [6.45, 7) is 3.72. The molecule has 0 unspecified atom stereocenters. The van der Waals surface area contributed by atoms with Crippen LogP contribution in [0.5, 0.6) is 0 Å². The second kappa shape index (κ2) is 7.18. The highest BCUT2D eigenvalue weighted by Gasteiger charge is 2.25. The first kappa shape index (κ1) is 17.3. The average molecular weight is 351 g/mol. The van der Waals surface area contributed by atoms with Gasteiger partial charge in [0, 0.05) is 17.7 Å². The molecule has 3 aromatic rings. The smallest absolute Gasteiger partial charge is 0.342 e. The fourth-order valence-electron chi connectivity index (χ4n) is 2.74. The second-order valence-corrected chi connectivity index (χ2v) is 5.58. The molecule has 26 heavy (non-hydrogen) atoms. The minimum absolute atomic E-state index is 0.0655. The van der Waals surface area contributed by atoms with Crippen molar-refractivity contribution in [2.24, 2.45) is 0 Å². The lowest BCUT2D eigenvalue weighted by molar-refractivity contribution is -0.384. The summed E-state index contributed by atoms with van der Waals surface area (Å²) in [4.78, 5) is 23.1. The van der Waals surface area contributed by atoms with Crippen LogP contribution in [0.25, 0.3) is 16.9 Å². The van der Waals surface area contributed by atoms with Gasteiger partial charge < -0.3 is 4.74 Å². The Bertz CT molecular complexity index is 964. The van der Waals surface area contributed by atoms with Crippen molar-refractivity contribution in [1.29, 1.82) is 0 Å². The number of para-hydroxylation sites is 1. The molecule has 7 heteroatoms. The first-order chi connectivity index (χ1) is 12.5.